The van der Waals surface area contributed by atoms with E-state index in [0.717, 1.165) is 11.6 Å². The van der Waals surface area contributed by atoms with Crippen LogP contribution in [0.3, 0.4) is 0 Å². The quantitative estimate of drug-likeness (QED) is 0.645. The van der Waals surface area contributed by atoms with Gasteiger partial charge in [0.05, 0.1) is 20.3 Å². The van der Waals surface area contributed by atoms with Crippen molar-refractivity contribution >= 4 is 29.2 Å². The minimum Gasteiger partial charge on any atom is -0.466 e. The van der Waals surface area contributed by atoms with Gasteiger partial charge in [-0.25, -0.2) is 9.59 Å². The first-order valence-electron chi connectivity index (χ1n) is 7.37. The maximum Gasteiger partial charge on any atom is 0.354 e. The lowest BCUT2D eigenvalue weighted by atomic mass is 9.80. The molecule has 1 aromatic carbocycles. The molecule has 0 spiro atoms. The average molecular weight is 332 g/mol. The summed E-state index contributed by atoms with van der Waals surface area (Å²) in [4.78, 5) is 35.4. The lowest BCUT2D eigenvalue weighted by molar-refractivity contribution is -0.138. The monoisotopic (exact) mass is 332 g/mol. The van der Waals surface area contributed by atoms with Gasteiger partial charge in [-0.15, -0.1) is 0 Å². The highest BCUT2D eigenvalue weighted by atomic mass is 16.5. The average Bonchev–Trinajstić information content (AvgIpc) is 2.54. The van der Waals surface area contributed by atoms with Crippen molar-refractivity contribution in [3.63, 3.8) is 0 Å². The normalized spacial score (nSPS) is 15.8. The van der Waals surface area contributed by atoms with Crippen molar-refractivity contribution < 1.29 is 23.9 Å². The molecule has 0 aromatic heterocycles. The molecule has 0 bridgehead atoms. The number of methoxy groups -OCH3 is 2. The molecule has 1 amide bonds. The molecule has 7 heteroatoms. The van der Waals surface area contributed by atoms with E-state index in [1.54, 1.807) is 18.2 Å². The lowest BCUT2D eigenvalue weighted by Crippen LogP contribution is -2.37. The predicted molar refractivity (Wildman–Crippen MR) is 88.3 cm³/mol. The third-order valence-electron chi connectivity index (χ3n) is 3.80. The molecule has 0 atom stereocenters. The number of benzene rings is 1. The van der Waals surface area contributed by atoms with E-state index in [-0.39, 0.29) is 11.6 Å². The molecule has 7 nitrogen and oxygen atoms in total. The number of anilines is 2. The number of hydrogen-bond acceptors (Lipinski definition) is 6. The van der Waals surface area contributed by atoms with E-state index < -0.39 is 17.4 Å². The standard InChI is InChI=1S/C17H20N2O5/c1-17(2)9-10-11(6-5-7-12(10)19-16(17)22)18-13(15(21)24-4)8-14(20)23-3/h5-8,18H,9H2,1-4H3,(H,19,22)/b13-8+. The molecule has 1 aromatic rings. The number of carbonyl (C=O) groups is 3. The van der Waals surface area contributed by atoms with Crippen molar-refractivity contribution in [1.29, 1.82) is 0 Å². The van der Waals surface area contributed by atoms with Crippen molar-refractivity contribution in [2.75, 3.05) is 24.9 Å². The largest absolute Gasteiger partial charge is 0.466 e. The molecule has 0 fully saturated rings. The maximum absolute atomic E-state index is 12.1. The van der Waals surface area contributed by atoms with Crippen LogP contribution in [0.4, 0.5) is 11.4 Å². The molecule has 2 N–H and O–H groups in total. The Morgan fingerprint density at radius 1 is 1.25 bits per heavy atom. The zero-order valence-corrected chi connectivity index (χ0v) is 14.1. The Labute approximate surface area is 140 Å². The van der Waals surface area contributed by atoms with Gasteiger partial charge in [-0.2, -0.15) is 0 Å². The van der Waals surface area contributed by atoms with Gasteiger partial charge in [0.15, 0.2) is 0 Å². The van der Waals surface area contributed by atoms with Crippen LogP contribution in [-0.4, -0.2) is 32.1 Å². The molecular formula is C17H20N2O5. The summed E-state index contributed by atoms with van der Waals surface area (Å²) in [7, 11) is 2.44. The Morgan fingerprint density at radius 3 is 2.58 bits per heavy atom. The Kier molecular flexibility index (Phi) is 4.92. The summed E-state index contributed by atoms with van der Waals surface area (Å²) in [6.45, 7) is 3.68. The third-order valence-corrected chi connectivity index (χ3v) is 3.80. The van der Waals surface area contributed by atoms with E-state index in [0.29, 0.717) is 17.8 Å². The van der Waals surface area contributed by atoms with Crippen LogP contribution in [-0.2, 0) is 30.3 Å². The van der Waals surface area contributed by atoms with Crippen molar-refractivity contribution in [3.8, 4) is 0 Å². The van der Waals surface area contributed by atoms with Gasteiger partial charge in [0.1, 0.15) is 5.70 Å². The van der Waals surface area contributed by atoms with Crippen molar-refractivity contribution in [1.82, 2.24) is 0 Å². The van der Waals surface area contributed by atoms with Gasteiger partial charge in [0.25, 0.3) is 0 Å². The number of ether oxygens (including phenoxy) is 2. The van der Waals surface area contributed by atoms with E-state index in [1.165, 1.54) is 14.2 Å². The van der Waals surface area contributed by atoms with Gasteiger partial charge in [0.2, 0.25) is 5.91 Å². The van der Waals surface area contributed by atoms with Crippen molar-refractivity contribution in [2.24, 2.45) is 5.41 Å². The summed E-state index contributed by atoms with van der Waals surface area (Å²) in [6.07, 6.45) is 1.52. The molecule has 0 saturated carbocycles. The number of nitrogens with one attached hydrogen (secondary N) is 2. The fourth-order valence-electron chi connectivity index (χ4n) is 2.40. The second kappa shape index (κ2) is 6.74. The number of rotatable bonds is 4. The van der Waals surface area contributed by atoms with Gasteiger partial charge >= 0.3 is 11.9 Å². The highest BCUT2D eigenvalue weighted by Gasteiger charge is 2.34. The fraction of sp³-hybridized carbons (Fsp3) is 0.353. The molecule has 1 heterocycles. The first-order chi connectivity index (χ1) is 11.3. The van der Waals surface area contributed by atoms with Crippen LogP contribution in [0, 0.1) is 5.41 Å². The Balaban J connectivity index is 2.41. The van der Waals surface area contributed by atoms with Crippen molar-refractivity contribution in [3.05, 3.63) is 35.5 Å². The topological polar surface area (TPSA) is 93.7 Å². The summed E-state index contributed by atoms with van der Waals surface area (Å²) in [5.41, 5.74) is 1.50. The highest BCUT2D eigenvalue weighted by Crippen LogP contribution is 2.37. The van der Waals surface area contributed by atoms with Crippen LogP contribution in [0.5, 0.6) is 0 Å². The van der Waals surface area contributed by atoms with Gasteiger partial charge in [-0.05, 0) is 18.6 Å². The Bertz CT molecular complexity index is 722. The van der Waals surface area contributed by atoms with E-state index in [2.05, 4.69) is 20.1 Å². The van der Waals surface area contributed by atoms with Gasteiger partial charge in [0, 0.05) is 22.4 Å². The number of carbonyl (C=O) groups excluding carboxylic acids is 3. The molecule has 0 radical (unpaired) electrons. The van der Waals surface area contributed by atoms with Crippen LogP contribution >= 0.6 is 0 Å². The van der Waals surface area contributed by atoms with Gasteiger partial charge < -0.3 is 20.1 Å². The zero-order valence-electron chi connectivity index (χ0n) is 14.1. The molecule has 24 heavy (non-hydrogen) atoms. The lowest BCUT2D eigenvalue weighted by Gasteiger charge is -2.32. The number of fused-ring (bicyclic) bond motifs is 1. The molecule has 2 rings (SSSR count). The summed E-state index contributed by atoms with van der Waals surface area (Å²) < 4.78 is 9.24. The second-order valence-corrected chi connectivity index (χ2v) is 6.04. The number of amides is 1. The van der Waals surface area contributed by atoms with Gasteiger partial charge in [-0.3, -0.25) is 4.79 Å². The minimum atomic E-state index is -0.697. The van der Waals surface area contributed by atoms with Crippen molar-refractivity contribution in [2.45, 2.75) is 20.3 Å². The molecule has 128 valence electrons. The predicted octanol–water partition coefficient (Wildman–Crippen LogP) is 1.85. The highest BCUT2D eigenvalue weighted by molar-refractivity contribution is 6.01. The molecular weight excluding hydrogens is 312 g/mol. The van der Waals surface area contributed by atoms with Gasteiger partial charge in [-0.1, -0.05) is 19.9 Å². The zero-order chi connectivity index (χ0) is 17.9. The van der Waals surface area contributed by atoms with Crippen LogP contribution in [0.1, 0.15) is 19.4 Å². The van der Waals surface area contributed by atoms with E-state index >= 15 is 0 Å². The summed E-state index contributed by atoms with van der Waals surface area (Å²) >= 11 is 0. The van der Waals surface area contributed by atoms with E-state index in [9.17, 15) is 14.4 Å². The first kappa shape index (κ1) is 17.5. The van der Waals surface area contributed by atoms with Crippen LogP contribution in [0.15, 0.2) is 30.0 Å². The molecule has 0 aliphatic carbocycles. The first-order valence-corrected chi connectivity index (χ1v) is 7.37. The SMILES string of the molecule is COC(=O)/C=C(/Nc1cccc2c1CC(C)(C)C(=O)N2)C(=O)OC. The maximum atomic E-state index is 12.1. The smallest absolute Gasteiger partial charge is 0.354 e. The third kappa shape index (κ3) is 3.56. The summed E-state index contributed by atoms with van der Waals surface area (Å²) in [5, 5.41) is 5.76. The Morgan fingerprint density at radius 2 is 1.96 bits per heavy atom. The fourth-order valence-corrected chi connectivity index (χ4v) is 2.40. The molecule has 1 aliphatic heterocycles. The number of esters is 2. The Hall–Kier alpha value is -2.83. The van der Waals surface area contributed by atoms with E-state index in [1.807, 2.05) is 13.8 Å². The molecule has 1 aliphatic rings. The van der Waals surface area contributed by atoms with Crippen LogP contribution in [0.25, 0.3) is 0 Å². The molecule has 0 saturated heterocycles. The van der Waals surface area contributed by atoms with Crippen LogP contribution < -0.4 is 10.6 Å². The minimum absolute atomic E-state index is 0.0487. The van der Waals surface area contributed by atoms with E-state index in [4.69, 9.17) is 0 Å². The summed E-state index contributed by atoms with van der Waals surface area (Å²) in [6, 6.07) is 5.29. The van der Waals surface area contributed by atoms with Crippen LogP contribution in [0.2, 0.25) is 0 Å². The molecule has 0 unspecified atom stereocenters. The number of hydrogen-bond donors (Lipinski definition) is 2. The second-order valence-electron chi connectivity index (χ2n) is 6.04. The summed E-state index contributed by atoms with van der Waals surface area (Å²) in [5.74, 6) is -1.44.